The van der Waals surface area contributed by atoms with Crippen molar-refractivity contribution >= 4 is 34.5 Å². The van der Waals surface area contributed by atoms with Gasteiger partial charge in [-0.25, -0.2) is 0 Å². The van der Waals surface area contributed by atoms with Gasteiger partial charge in [0.25, 0.3) is 0 Å². The van der Waals surface area contributed by atoms with Crippen LogP contribution in [-0.2, 0) is 38.4 Å². The highest BCUT2D eigenvalue weighted by atomic mass is 16.2. The summed E-state index contributed by atoms with van der Waals surface area (Å²) in [5.74, 6) is -1.58. The Hall–Kier alpha value is -4.92. The Bertz CT molecular complexity index is 1540. The molecule has 1 saturated heterocycles. The summed E-state index contributed by atoms with van der Waals surface area (Å²) in [6.07, 6.45) is 3.12. The Kier molecular flexibility index (Phi) is 9.28. The minimum absolute atomic E-state index is 0.140. The molecule has 1 aromatic heterocycles. The number of carbonyl (C=O) groups is 4. The van der Waals surface area contributed by atoms with Crippen LogP contribution in [0.15, 0.2) is 91.1 Å². The summed E-state index contributed by atoms with van der Waals surface area (Å²) in [5, 5.41) is 12.5. The summed E-state index contributed by atoms with van der Waals surface area (Å²) in [7, 11) is 0. The van der Waals surface area contributed by atoms with Crippen LogP contribution in [0, 0.1) is 0 Å². The van der Waals surface area contributed by atoms with Gasteiger partial charge in [-0.15, -0.1) is 0 Å². The number of carbonyl (C=O) groups excluding carboxylic acids is 4. The first-order chi connectivity index (χ1) is 20.5. The van der Waals surface area contributed by atoms with Gasteiger partial charge in [0.2, 0.25) is 23.6 Å². The SMILES string of the molecule is O=C1CCCNC(=O)[C@@H](Cc2ccccc2)NC(=O)[C@H](Cc2ccccc2)NC(=O)[C@H](Cc2c[nH]c3ccccc23)N1. The van der Waals surface area contributed by atoms with E-state index < -0.39 is 29.9 Å². The molecule has 0 aliphatic carbocycles. The molecule has 0 spiro atoms. The van der Waals surface area contributed by atoms with Crippen LogP contribution in [0.3, 0.4) is 0 Å². The number of benzene rings is 3. The number of fused-ring (bicyclic) bond motifs is 1. The van der Waals surface area contributed by atoms with Gasteiger partial charge in [0.1, 0.15) is 18.1 Å². The number of hydrogen-bond acceptors (Lipinski definition) is 4. The molecule has 9 nitrogen and oxygen atoms in total. The summed E-state index contributed by atoms with van der Waals surface area (Å²) in [5.41, 5.74) is 3.55. The molecule has 1 aliphatic heterocycles. The standard InChI is InChI=1S/C33H35N5O4/c39-30-16-9-17-34-31(40)27(18-22-10-3-1-4-11-22)37-32(41)28(19-23-12-5-2-6-13-23)38-33(42)29(36-30)20-24-21-35-26-15-8-7-14-25(24)26/h1-8,10-15,21,27-29,35H,9,16-20H2,(H,34,40)(H,36,39)(H,37,41)(H,38,42)/t27-,28+,29+/m1/s1. The van der Waals surface area contributed by atoms with Crippen LogP contribution in [0.2, 0.25) is 0 Å². The van der Waals surface area contributed by atoms with E-state index in [2.05, 4.69) is 26.3 Å². The van der Waals surface area contributed by atoms with E-state index in [0.717, 1.165) is 27.6 Å². The highest BCUT2D eigenvalue weighted by Crippen LogP contribution is 2.19. The Morgan fingerprint density at radius 1 is 0.595 bits per heavy atom. The fourth-order valence-corrected chi connectivity index (χ4v) is 5.24. The molecule has 1 fully saturated rings. The van der Waals surface area contributed by atoms with E-state index in [4.69, 9.17) is 0 Å². The Morgan fingerprint density at radius 3 is 1.79 bits per heavy atom. The van der Waals surface area contributed by atoms with Crippen molar-refractivity contribution in [3.8, 4) is 0 Å². The Balaban J connectivity index is 1.43. The molecule has 0 saturated carbocycles. The first-order valence-electron chi connectivity index (χ1n) is 14.3. The lowest BCUT2D eigenvalue weighted by molar-refractivity contribution is -0.134. The lowest BCUT2D eigenvalue weighted by atomic mass is 10.0. The second-order valence-electron chi connectivity index (χ2n) is 10.6. The molecule has 2 heterocycles. The molecular formula is C33H35N5O4. The van der Waals surface area contributed by atoms with E-state index in [9.17, 15) is 19.2 Å². The number of amides is 4. The smallest absolute Gasteiger partial charge is 0.243 e. The van der Waals surface area contributed by atoms with Crippen molar-refractivity contribution in [3.63, 3.8) is 0 Å². The molecule has 0 bridgehead atoms. The first kappa shape index (κ1) is 28.6. The van der Waals surface area contributed by atoms with Crippen molar-refractivity contribution in [2.75, 3.05) is 6.54 Å². The average molecular weight is 566 g/mol. The lowest BCUT2D eigenvalue weighted by Gasteiger charge is -2.26. The lowest BCUT2D eigenvalue weighted by Crippen LogP contribution is -2.58. The van der Waals surface area contributed by atoms with Gasteiger partial charge in [-0.1, -0.05) is 78.9 Å². The number of para-hydroxylation sites is 1. The molecule has 216 valence electrons. The summed E-state index contributed by atoms with van der Waals surface area (Å²) in [6.45, 7) is 0.264. The highest BCUT2D eigenvalue weighted by molar-refractivity contribution is 5.95. The number of aromatic amines is 1. The third-order valence-corrected chi connectivity index (χ3v) is 7.46. The molecule has 5 N–H and O–H groups in total. The molecule has 9 heteroatoms. The molecule has 5 rings (SSSR count). The van der Waals surface area contributed by atoms with Gasteiger partial charge in [0.05, 0.1) is 0 Å². The second kappa shape index (κ2) is 13.6. The molecular weight excluding hydrogens is 530 g/mol. The minimum atomic E-state index is -0.976. The fourth-order valence-electron chi connectivity index (χ4n) is 5.24. The quantitative estimate of drug-likeness (QED) is 0.246. The van der Waals surface area contributed by atoms with Crippen molar-refractivity contribution < 1.29 is 19.2 Å². The van der Waals surface area contributed by atoms with Crippen molar-refractivity contribution in [2.24, 2.45) is 0 Å². The third-order valence-electron chi connectivity index (χ3n) is 7.46. The number of aromatic nitrogens is 1. The number of rotatable bonds is 6. The fraction of sp³-hybridized carbons (Fsp3) is 0.273. The van der Waals surface area contributed by atoms with Crippen molar-refractivity contribution in [1.29, 1.82) is 0 Å². The van der Waals surface area contributed by atoms with Gasteiger partial charge in [-0.3, -0.25) is 19.2 Å². The van der Waals surface area contributed by atoms with Gasteiger partial charge in [-0.2, -0.15) is 0 Å². The Labute approximate surface area is 244 Å². The van der Waals surface area contributed by atoms with E-state index in [0.29, 0.717) is 6.42 Å². The van der Waals surface area contributed by atoms with E-state index in [1.165, 1.54) is 0 Å². The van der Waals surface area contributed by atoms with Crippen molar-refractivity contribution in [1.82, 2.24) is 26.3 Å². The average Bonchev–Trinajstić information content (AvgIpc) is 3.41. The molecule has 0 unspecified atom stereocenters. The van der Waals surface area contributed by atoms with Crippen LogP contribution < -0.4 is 21.3 Å². The number of hydrogen-bond donors (Lipinski definition) is 5. The summed E-state index contributed by atoms with van der Waals surface area (Å²) in [6, 6.07) is 23.8. The van der Waals surface area contributed by atoms with Crippen LogP contribution in [0.25, 0.3) is 10.9 Å². The van der Waals surface area contributed by atoms with E-state index in [1.54, 1.807) is 0 Å². The maximum absolute atomic E-state index is 13.8. The van der Waals surface area contributed by atoms with Crippen LogP contribution in [0.1, 0.15) is 29.5 Å². The third kappa shape index (κ3) is 7.42. The molecule has 4 aromatic rings. The van der Waals surface area contributed by atoms with Gasteiger partial charge in [-0.05, 0) is 29.2 Å². The molecule has 4 amide bonds. The van der Waals surface area contributed by atoms with Crippen molar-refractivity contribution in [3.05, 3.63) is 108 Å². The van der Waals surface area contributed by atoms with Crippen LogP contribution in [0.5, 0.6) is 0 Å². The Morgan fingerprint density at radius 2 is 1.14 bits per heavy atom. The first-order valence-corrected chi connectivity index (χ1v) is 14.3. The predicted octanol–water partition coefficient (Wildman–Crippen LogP) is 2.56. The predicted molar refractivity (Wildman–Crippen MR) is 160 cm³/mol. The zero-order valence-electron chi connectivity index (χ0n) is 23.3. The van der Waals surface area contributed by atoms with Crippen LogP contribution >= 0.6 is 0 Å². The molecule has 3 atom stereocenters. The maximum Gasteiger partial charge on any atom is 0.243 e. The van der Waals surface area contributed by atoms with Gasteiger partial charge < -0.3 is 26.3 Å². The van der Waals surface area contributed by atoms with E-state index >= 15 is 0 Å². The normalized spacial score (nSPS) is 20.6. The van der Waals surface area contributed by atoms with Crippen LogP contribution in [0.4, 0.5) is 0 Å². The summed E-state index contributed by atoms with van der Waals surface area (Å²) >= 11 is 0. The van der Waals surface area contributed by atoms with Crippen LogP contribution in [-0.4, -0.2) is 53.3 Å². The second-order valence-corrected chi connectivity index (χ2v) is 10.6. The summed E-state index contributed by atoms with van der Waals surface area (Å²) in [4.78, 5) is 56.8. The van der Waals surface area contributed by atoms with E-state index in [-0.39, 0.29) is 44.0 Å². The number of H-pyrrole nitrogens is 1. The monoisotopic (exact) mass is 565 g/mol. The topological polar surface area (TPSA) is 132 Å². The van der Waals surface area contributed by atoms with E-state index in [1.807, 2.05) is 91.1 Å². The largest absolute Gasteiger partial charge is 0.361 e. The maximum atomic E-state index is 13.8. The van der Waals surface area contributed by atoms with Crippen molar-refractivity contribution in [2.45, 2.75) is 50.2 Å². The molecule has 3 aromatic carbocycles. The number of nitrogens with one attached hydrogen (secondary N) is 5. The zero-order valence-corrected chi connectivity index (χ0v) is 23.3. The molecule has 1 aliphatic rings. The zero-order chi connectivity index (χ0) is 29.3. The van der Waals surface area contributed by atoms with Gasteiger partial charge in [0, 0.05) is 49.3 Å². The minimum Gasteiger partial charge on any atom is -0.361 e. The van der Waals surface area contributed by atoms with Gasteiger partial charge >= 0.3 is 0 Å². The molecule has 42 heavy (non-hydrogen) atoms. The molecule has 0 radical (unpaired) electrons. The van der Waals surface area contributed by atoms with Gasteiger partial charge in [0.15, 0.2) is 0 Å². The highest BCUT2D eigenvalue weighted by Gasteiger charge is 2.31. The summed E-state index contributed by atoms with van der Waals surface area (Å²) < 4.78 is 0.